The van der Waals surface area contributed by atoms with Crippen LogP contribution in [0.4, 0.5) is 4.39 Å². The van der Waals surface area contributed by atoms with Crippen LogP contribution in [0.5, 0.6) is 0 Å². The number of carbonyl (C=O) groups is 2. The van der Waals surface area contributed by atoms with Gasteiger partial charge in [-0.2, -0.15) is 5.10 Å². The van der Waals surface area contributed by atoms with Crippen LogP contribution in [0.3, 0.4) is 0 Å². The molecule has 3 heterocycles. The van der Waals surface area contributed by atoms with Gasteiger partial charge in [-0.3, -0.25) is 14.3 Å². The highest BCUT2D eigenvalue weighted by molar-refractivity contribution is 5.97. The number of benzene rings is 1. The summed E-state index contributed by atoms with van der Waals surface area (Å²) in [5.41, 5.74) is 1.96. The van der Waals surface area contributed by atoms with E-state index in [9.17, 15) is 9.59 Å². The Balaban J connectivity index is 1.41. The Morgan fingerprint density at radius 1 is 1.26 bits per heavy atom. The third-order valence-electron chi connectivity index (χ3n) is 7.37. The van der Waals surface area contributed by atoms with Crippen molar-refractivity contribution in [3.63, 3.8) is 0 Å². The zero-order valence-electron chi connectivity index (χ0n) is 20.7. The minimum absolute atomic E-state index is 0.0649. The largest absolute Gasteiger partial charge is 0.450 e. The fourth-order valence-electron chi connectivity index (χ4n) is 5.11. The maximum Gasteiger partial charge on any atom is 0.289 e. The number of nitrogens with zero attached hydrogens (tertiary/aromatic N) is 4. The van der Waals surface area contributed by atoms with Crippen LogP contribution < -0.4 is 0 Å². The molecule has 7 nitrogen and oxygen atoms in total. The van der Waals surface area contributed by atoms with Crippen molar-refractivity contribution in [3.05, 3.63) is 53.3 Å². The topological polar surface area (TPSA) is 71.6 Å². The average Bonchev–Trinajstić information content (AvgIpc) is 3.38. The van der Waals surface area contributed by atoms with Crippen LogP contribution in [0.1, 0.15) is 79.5 Å². The molecule has 1 atom stereocenters. The first-order valence-corrected chi connectivity index (χ1v) is 12.6. The summed E-state index contributed by atoms with van der Waals surface area (Å²) in [5.74, 6) is -0.283. The number of halogens is 1. The molecule has 0 radical (unpaired) electrons. The van der Waals surface area contributed by atoms with Crippen LogP contribution in [0.25, 0.3) is 11.0 Å². The third kappa shape index (κ3) is 4.70. The van der Waals surface area contributed by atoms with Crippen LogP contribution in [0.15, 0.2) is 35.0 Å². The average molecular weight is 481 g/mol. The van der Waals surface area contributed by atoms with Crippen molar-refractivity contribution in [2.24, 2.45) is 0 Å². The standard InChI is InChI=1S/C27H33FN4O3/c1-17(2)20-14-21(18-6-4-11-31(16-18)24(33)9-13-32-12-5-10-29-32)25(28)22-15-23(35-26(20)22)27(34)30(3)19-7-8-19/h5,10,12,14-15,17-19H,4,6-9,11,13,16H2,1-3H3/t18-/m0/s1. The Hall–Kier alpha value is -3.16. The highest BCUT2D eigenvalue weighted by atomic mass is 19.1. The molecule has 1 saturated carbocycles. The molecule has 2 amide bonds. The van der Waals surface area contributed by atoms with Crippen LogP contribution in [-0.2, 0) is 11.3 Å². The molecule has 0 N–H and O–H groups in total. The molecule has 35 heavy (non-hydrogen) atoms. The first-order valence-electron chi connectivity index (χ1n) is 12.6. The van der Waals surface area contributed by atoms with Gasteiger partial charge in [-0.25, -0.2) is 4.39 Å². The number of piperidine rings is 1. The Bertz CT molecular complexity index is 1230. The summed E-state index contributed by atoms with van der Waals surface area (Å²) in [6.07, 6.45) is 7.55. The van der Waals surface area contributed by atoms with Crippen molar-refractivity contribution in [2.75, 3.05) is 20.1 Å². The Kier molecular flexibility index (Phi) is 6.38. The first-order chi connectivity index (χ1) is 16.8. The molecular formula is C27H33FN4O3. The molecule has 0 bridgehead atoms. The van der Waals surface area contributed by atoms with Crippen molar-refractivity contribution >= 4 is 22.8 Å². The highest BCUT2D eigenvalue weighted by Crippen LogP contribution is 2.38. The Morgan fingerprint density at radius 3 is 2.74 bits per heavy atom. The lowest BCUT2D eigenvalue weighted by Gasteiger charge is -2.33. The molecule has 1 aliphatic heterocycles. The Morgan fingerprint density at radius 2 is 2.06 bits per heavy atom. The second-order valence-electron chi connectivity index (χ2n) is 10.2. The van der Waals surface area contributed by atoms with Crippen LogP contribution >= 0.6 is 0 Å². The van der Waals surface area contributed by atoms with E-state index in [4.69, 9.17) is 4.42 Å². The quantitative estimate of drug-likeness (QED) is 0.481. The van der Waals surface area contributed by atoms with Gasteiger partial charge in [0.1, 0.15) is 11.4 Å². The summed E-state index contributed by atoms with van der Waals surface area (Å²) in [6, 6.07) is 5.55. The fourth-order valence-corrected chi connectivity index (χ4v) is 5.11. The molecule has 2 aliphatic rings. The summed E-state index contributed by atoms with van der Waals surface area (Å²) in [6.45, 7) is 5.80. The molecule has 2 aromatic heterocycles. The van der Waals surface area contributed by atoms with E-state index in [1.807, 2.05) is 37.1 Å². The number of furan rings is 1. The predicted octanol–water partition coefficient (Wildman–Crippen LogP) is 4.92. The van der Waals surface area contributed by atoms with E-state index in [1.165, 1.54) is 0 Å². The zero-order valence-corrected chi connectivity index (χ0v) is 20.7. The van der Waals surface area contributed by atoms with Gasteiger partial charge in [0, 0.05) is 63.5 Å². The summed E-state index contributed by atoms with van der Waals surface area (Å²) in [7, 11) is 1.78. The van der Waals surface area contributed by atoms with Gasteiger partial charge in [0.25, 0.3) is 5.91 Å². The number of likely N-dealkylation sites (tertiary alicyclic amines) is 1. The molecule has 1 saturated heterocycles. The van der Waals surface area contributed by atoms with Gasteiger partial charge in [-0.15, -0.1) is 0 Å². The number of aryl methyl sites for hydroxylation is 1. The van der Waals surface area contributed by atoms with Crippen molar-refractivity contribution in [3.8, 4) is 0 Å². The first kappa shape index (κ1) is 23.6. The maximum absolute atomic E-state index is 15.9. The second kappa shape index (κ2) is 9.47. The summed E-state index contributed by atoms with van der Waals surface area (Å²) >= 11 is 0. The van der Waals surface area contributed by atoms with Crippen molar-refractivity contribution in [1.82, 2.24) is 19.6 Å². The predicted molar refractivity (Wildman–Crippen MR) is 131 cm³/mol. The van der Waals surface area contributed by atoms with E-state index in [1.54, 1.807) is 28.9 Å². The lowest BCUT2D eigenvalue weighted by Crippen LogP contribution is -2.39. The number of hydrogen-bond donors (Lipinski definition) is 0. The van der Waals surface area contributed by atoms with Crippen LogP contribution in [0.2, 0.25) is 0 Å². The normalized spacial score (nSPS) is 18.4. The highest BCUT2D eigenvalue weighted by Gasteiger charge is 2.33. The Labute approximate surface area is 204 Å². The van der Waals surface area contributed by atoms with Crippen LogP contribution in [-0.4, -0.2) is 57.6 Å². The van der Waals surface area contributed by atoms with Gasteiger partial charge in [0.2, 0.25) is 5.91 Å². The number of fused-ring (bicyclic) bond motifs is 1. The number of rotatable bonds is 7. The molecular weight excluding hydrogens is 447 g/mol. The fraction of sp³-hybridized carbons (Fsp3) is 0.519. The molecule has 0 unspecified atom stereocenters. The molecule has 2 fully saturated rings. The van der Waals surface area contributed by atoms with E-state index in [2.05, 4.69) is 5.10 Å². The van der Waals surface area contributed by atoms with E-state index < -0.39 is 0 Å². The van der Waals surface area contributed by atoms with E-state index in [0.717, 1.165) is 31.2 Å². The summed E-state index contributed by atoms with van der Waals surface area (Å²) in [4.78, 5) is 29.3. The van der Waals surface area contributed by atoms with Gasteiger partial charge in [0.05, 0.1) is 5.39 Å². The minimum atomic E-state index is -0.336. The van der Waals surface area contributed by atoms with E-state index in [-0.39, 0.29) is 41.3 Å². The molecule has 1 aliphatic carbocycles. The lowest BCUT2D eigenvalue weighted by atomic mass is 9.86. The number of amides is 2. The van der Waals surface area contributed by atoms with Gasteiger partial charge >= 0.3 is 0 Å². The van der Waals surface area contributed by atoms with E-state index in [0.29, 0.717) is 42.6 Å². The van der Waals surface area contributed by atoms with Crippen LogP contribution in [0, 0.1) is 5.82 Å². The number of carbonyl (C=O) groups excluding carboxylic acids is 2. The van der Waals surface area contributed by atoms with Gasteiger partial charge in [-0.05, 0) is 54.9 Å². The second-order valence-corrected chi connectivity index (χ2v) is 10.2. The lowest BCUT2D eigenvalue weighted by molar-refractivity contribution is -0.132. The van der Waals surface area contributed by atoms with Crippen molar-refractivity contribution in [1.29, 1.82) is 0 Å². The zero-order chi connectivity index (χ0) is 24.7. The van der Waals surface area contributed by atoms with Gasteiger partial charge in [0.15, 0.2) is 5.76 Å². The molecule has 1 aromatic carbocycles. The van der Waals surface area contributed by atoms with Crippen molar-refractivity contribution < 1.29 is 18.4 Å². The smallest absolute Gasteiger partial charge is 0.289 e. The number of hydrogen-bond acceptors (Lipinski definition) is 4. The molecule has 8 heteroatoms. The molecule has 3 aromatic rings. The number of aromatic nitrogens is 2. The van der Waals surface area contributed by atoms with Crippen molar-refractivity contribution in [2.45, 2.75) is 70.4 Å². The van der Waals surface area contributed by atoms with Gasteiger partial charge < -0.3 is 14.2 Å². The molecule has 0 spiro atoms. The molecule has 5 rings (SSSR count). The summed E-state index contributed by atoms with van der Waals surface area (Å²) in [5, 5.41) is 4.52. The monoisotopic (exact) mass is 480 g/mol. The van der Waals surface area contributed by atoms with Gasteiger partial charge in [-0.1, -0.05) is 13.8 Å². The van der Waals surface area contributed by atoms with E-state index >= 15 is 4.39 Å². The minimum Gasteiger partial charge on any atom is -0.450 e. The third-order valence-corrected chi connectivity index (χ3v) is 7.37. The maximum atomic E-state index is 15.9. The summed E-state index contributed by atoms with van der Waals surface area (Å²) < 4.78 is 23.6. The molecule has 186 valence electrons. The SMILES string of the molecule is CC(C)c1cc([C@H]2CCCN(C(=O)CCn3cccn3)C2)c(F)c2cc(C(=O)N(C)C3CC3)oc12.